The molecule has 0 aliphatic carbocycles. The molecule has 0 N–H and O–H groups in total. The smallest absolute Gasteiger partial charge is 0.314 e. The van der Waals surface area contributed by atoms with E-state index in [9.17, 15) is 4.79 Å². The maximum Gasteiger partial charge on any atom is 0.373 e. The summed E-state index contributed by atoms with van der Waals surface area (Å²) in [5.41, 5.74) is 7.72. The molecule has 0 aliphatic heterocycles. The van der Waals surface area contributed by atoms with Gasteiger partial charge in [-0.25, -0.2) is 9.97 Å². The number of fused-ring (bicyclic) bond motifs is 1. The summed E-state index contributed by atoms with van der Waals surface area (Å²) in [5.74, 6) is 0.269. The summed E-state index contributed by atoms with van der Waals surface area (Å²) in [6.45, 7) is 9.16. The van der Waals surface area contributed by atoms with E-state index in [1.807, 2.05) is 38.1 Å². The van der Waals surface area contributed by atoms with Gasteiger partial charge in [0.05, 0.1) is 39.4 Å². The van der Waals surface area contributed by atoms with E-state index >= 15 is 0 Å². The Balaban J connectivity index is 0.00000141. The first-order chi connectivity index (χ1) is 21.1. The standard InChI is InChI=1S/C33H32Cl2N4OS.CO2/c1-5-24-14-15-30-29(16-24)37-33(38(30)19-25-10-6-21(2)7-11-25)41-23(4)32(40)39(20-26-12-8-22(3)9-13-26)31-28(35)17-27(34)18-36-31;2-1-3/h6-18,23H,5,19-20H2,1-4H3;. The lowest BCUT2D eigenvalue weighted by Gasteiger charge is -2.26. The highest BCUT2D eigenvalue weighted by molar-refractivity contribution is 8.00. The Labute approximate surface area is 271 Å². The third kappa shape index (κ3) is 8.16. The highest BCUT2D eigenvalue weighted by Gasteiger charge is 2.28. The second-order valence-corrected chi connectivity index (χ2v) is 12.5. The second kappa shape index (κ2) is 15.2. The molecule has 0 saturated carbocycles. The number of carbonyl (C=O) groups excluding carboxylic acids is 3. The Morgan fingerprint density at radius 2 is 1.52 bits per heavy atom. The summed E-state index contributed by atoms with van der Waals surface area (Å²) in [7, 11) is 0. The number of hydrogen-bond donors (Lipinski definition) is 0. The van der Waals surface area contributed by atoms with Gasteiger partial charge in [0.25, 0.3) is 0 Å². The first kappa shape index (κ1) is 33.0. The minimum Gasteiger partial charge on any atom is -0.314 e. The number of anilines is 1. The molecule has 2 heterocycles. The maximum atomic E-state index is 14.1. The van der Waals surface area contributed by atoms with Crippen LogP contribution in [-0.4, -0.2) is 31.8 Å². The number of carbonyl (C=O) groups is 1. The lowest BCUT2D eigenvalue weighted by molar-refractivity contribution is -0.191. The van der Waals surface area contributed by atoms with E-state index in [2.05, 4.69) is 65.9 Å². The van der Waals surface area contributed by atoms with Crippen LogP contribution >= 0.6 is 35.0 Å². The van der Waals surface area contributed by atoms with Gasteiger partial charge in [0.15, 0.2) is 11.0 Å². The fourth-order valence-electron chi connectivity index (χ4n) is 4.66. The zero-order valence-electron chi connectivity index (χ0n) is 24.9. The van der Waals surface area contributed by atoms with Gasteiger partial charge < -0.3 is 4.57 Å². The van der Waals surface area contributed by atoms with Crippen LogP contribution in [0.1, 0.15) is 41.7 Å². The van der Waals surface area contributed by atoms with Crippen molar-refractivity contribution >= 4 is 63.9 Å². The molecule has 0 radical (unpaired) electrons. The largest absolute Gasteiger partial charge is 0.373 e. The molecular formula is C34H32Cl2N4O3S. The summed E-state index contributed by atoms with van der Waals surface area (Å²) >= 11 is 14.2. The minimum atomic E-state index is -0.465. The summed E-state index contributed by atoms with van der Waals surface area (Å²) in [6.07, 6.45) is 2.70. The number of rotatable bonds is 9. The number of benzene rings is 3. The van der Waals surface area contributed by atoms with Gasteiger partial charge in [-0.3, -0.25) is 9.69 Å². The van der Waals surface area contributed by atoms with Crippen molar-refractivity contribution in [3.63, 3.8) is 0 Å². The summed E-state index contributed by atoms with van der Waals surface area (Å²) in [5, 5.41) is 1.07. The van der Waals surface area contributed by atoms with Crippen molar-refractivity contribution < 1.29 is 14.4 Å². The topological polar surface area (TPSA) is 85.2 Å². The van der Waals surface area contributed by atoms with Gasteiger partial charge >= 0.3 is 6.15 Å². The number of imidazole rings is 1. The molecule has 3 aromatic carbocycles. The van der Waals surface area contributed by atoms with Gasteiger partial charge in [-0.15, -0.1) is 0 Å². The average molecular weight is 648 g/mol. The molecule has 0 bridgehead atoms. The van der Waals surface area contributed by atoms with Gasteiger partial charge in [-0.2, -0.15) is 9.59 Å². The van der Waals surface area contributed by atoms with Crippen LogP contribution in [0.2, 0.25) is 10.0 Å². The van der Waals surface area contributed by atoms with E-state index in [1.165, 1.54) is 34.6 Å². The molecule has 2 aromatic heterocycles. The van der Waals surface area contributed by atoms with E-state index in [0.717, 1.165) is 33.7 Å². The number of hydrogen-bond acceptors (Lipinski definition) is 6. The van der Waals surface area contributed by atoms with Crippen LogP contribution in [0.4, 0.5) is 5.82 Å². The minimum absolute atomic E-state index is 0.115. The molecule has 44 heavy (non-hydrogen) atoms. The summed E-state index contributed by atoms with van der Waals surface area (Å²) in [4.78, 5) is 41.5. The van der Waals surface area contributed by atoms with Gasteiger partial charge in [-0.05, 0) is 62.1 Å². The van der Waals surface area contributed by atoms with Gasteiger partial charge in [0.2, 0.25) is 5.91 Å². The second-order valence-electron chi connectivity index (χ2n) is 10.4. The molecule has 5 aromatic rings. The fourth-order valence-corrected chi connectivity index (χ4v) is 6.13. The predicted molar refractivity (Wildman–Crippen MR) is 176 cm³/mol. The van der Waals surface area contributed by atoms with Gasteiger partial charge in [0.1, 0.15) is 0 Å². The number of halogens is 2. The Morgan fingerprint density at radius 3 is 2.11 bits per heavy atom. The van der Waals surface area contributed by atoms with E-state index in [0.29, 0.717) is 29.0 Å². The van der Waals surface area contributed by atoms with Crippen LogP contribution in [0, 0.1) is 13.8 Å². The van der Waals surface area contributed by atoms with Crippen molar-refractivity contribution in [2.45, 2.75) is 57.6 Å². The van der Waals surface area contributed by atoms with Crippen LogP contribution in [-0.2, 0) is 33.9 Å². The van der Waals surface area contributed by atoms with Crippen molar-refractivity contribution in [2.75, 3.05) is 4.90 Å². The van der Waals surface area contributed by atoms with Crippen LogP contribution in [0.25, 0.3) is 11.0 Å². The SMILES string of the molecule is CCc1ccc2c(c1)nc(SC(C)C(=O)N(Cc1ccc(C)cc1)c1ncc(Cl)cc1Cl)n2Cc1ccc(C)cc1.O=C=O. The third-order valence-corrected chi connectivity index (χ3v) is 8.61. The average Bonchev–Trinajstić information content (AvgIpc) is 3.33. The third-order valence-electron chi connectivity index (χ3n) is 7.05. The molecule has 5 rings (SSSR count). The normalized spacial score (nSPS) is 11.4. The zero-order chi connectivity index (χ0) is 31.8. The van der Waals surface area contributed by atoms with Gasteiger partial charge in [0, 0.05) is 6.20 Å². The van der Waals surface area contributed by atoms with E-state index < -0.39 is 5.25 Å². The highest BCUT2D eigenvalue weighted by atomic mass is 35.5. The lowest BCUT2D eigenvalue weighted by atomic mass is 10.1. The van der Waals surface area contributed by atoms with Gasteiger partial charge in [-0.1, -0.05) is 108 Å². The molecule has 1 unspecified atom stereocenters. The number of aromatic nitrogens is 3. The quantitative estimate of drug-likeness (QED) is 0.150. The maximum absolute atomic E-state index is 14.1. The number of nitrogens with zero attached hydrogens (tertiary/aromatic N) is 4. The zero-order valence-corrected chi connectivity index (χ0v) is 27.2. The van der Waals surface area contributed by atoms with Crippen molar-refractivity contribution in [1.29, 1.82) is 0 Å². The monoisotopic (exact) mass is 646 g/mol. The highest BCUT2D eigenvalue weighted by Crippen LogP contribution is 2.33. The lowest BCUT2D eigenvalue weighted by Crippen LogP contribution is -2.37. The molecular weight excluding hydrogens is 615 g/mol. The first-order valence-corrected chi connectivity index (χ1v) is 15.7. The van der Waals surface area contributed by atoms with Crippen molar-refractivity contribution in [3.05, 3.63) is 117 Å². The molecule has 0 saturated heterocycles. The predicted octanol–water partition coefficient (Wildman–Crippen LogP) is 8.10. The molecule has 0 aliphatic rings. The van der Waals surface area contributed by atoms with Crippen molar-refractivity contribution in [2.24, 2.45) is 0 Å². The fraction of sp³-hybridized carbons (Fsp3) is 0.235. The summed E-state index contributed by atoms with van der Waals surface area (Å²) < 4.78 is 2.20. The Hall–Kier alpha value is -3.94. The van der Waals surface area contributed by atoms with Crippen LogP contribution in [0.15, 0.2) is 84.1 Å². The number of thioether (sulfide) groups is 1. The molecule has 226 valence electrons. The van der Waals surface area contributed by atoms with Crippen LogP contribution < -0.4 is 4.90 Å². The molecule has 7 nitrogen and oxygen atoms in total. The van der Waals surface area contributed by atoms with Crippen LogP contribution in [0.5, 0.6) is 0 Å². The number of aryl methyl sites for hydroxylation is 3. The van der Waals surface area contributed by atoms with E-state index in [-0.39, 0.29) is 12.1 Å². The summed E-state index contributed by atoms with van der Waals surface area (Å²) in [6, 6.07) is 24.7. The number of pyridine rings is 1. The number of amides is 1. The van der Waals surface area contributed by atoms with E-state index in [1.54, 1.807) is 11.0 Å². The molecule has 10 heteroatoms. The molecule has 0 fully saturated rings. The van der Waals surface area contributed by atoms with Crippen LogP contribution in [0.3, 0.4) is 0 Å². The molecule has 0 spiro atoms. The van der Waals surface area contributed by atoms with E-state index in [4.69, 9.17) is 37.8 Å². The Kier molecular flexibility index (Phi) is 11.4. The van der Waals surface area contributed by atoms with Crippen molar-refractivity contribution in [3.8, 4) is 0 Å². The molecule has 1 atom stereocenters. The first-order valence-electron chi connectivity index (χ1n) is 14.0. The van der Waals surface area contributed by atoms with Crippen molar-refractivity contribution in [1.82, 2.24) is 14.5 Å². The Bertz CT molecular complexity index is 1780. The Morgan fingerprint density at radius 1 is 0.932 bits per heavy atom. The molecule has 1 amide bonds.